The lowest BCUT2D eigenvalue weighted by Gasteiger charge is -2.24. The monoisotopic (exact) mass is 501 g/mol. The molecule has 0 atom stereocenters. The second-order valence-electron chi connectivity index (χ2n) is 6.07. The molecular formula is C18H30F2IN3O3. The van der Waals surface area contributed by atoms with Crippen molar-refractivity contribution < 1.29 is 23.0 Å². The first-order valence-electron chi connectivity index (χ1n) is 8.59. The Labute approximate surface area is 177 Å². The fourth-order valence-corrected chi connectivity index (χ4v) is 2.05. The number of hydrogen-bond acceptors (Lipinski definition) is 4. The summed E-state index contributed by atoms with van der Waals surface area (Å²) in [6, 6.07) is 5.01. The van der Waals surface area contributed by atoms with Crippen LogP contribution in [0.3, 0.4) is 0 Å². The molecule has 156 valence electrons. The normalized spacial score (nSPS) is 11.8. The van der Waals surface area contributed by atoms with Crippen molar-refractivity contribution >= 4 is 29.9 Å². The van der Waals surface area contributed by atoms with Crippen LogP contribution in [0.25, 0.3) is 0 Å². The lowest BCUT2D eigenvalue weighted by atomic mass is 10.1. The maximum Gasteiger partial charge on any atom is 0.387 e. The van der Waals surface area contributed by atoms with Crippen molar-refractivity contribution in [2.75, 3.05) is 26.8 Å². The number of methoxy groups -OCH3 is 1. The summed E-state index contributed by atoms with van der Waals surface area (Å²) in [5.41, 5.74) is 0.147. The van der Waals surface area contributed by atoms with E-state index >= 15 is 0 Å². The average molecular weight is 501 g/mol. The summed E-state index contributed by atoms with van der Waals surface area (Å²) in [5, 5.41) is 6.29. The van der Waals surface area contributed by atoms with E-state index in [1.54, 1.807) is 32.2 Å². The zero-order valence-electron chi connectivity index (χ0n) is 16.5. The number of ether oxygens (including phenoxy) is 3. The third-order valence-electron chi connectivity index (χ3n) is 3.55. The first-order chi connectivity index (χ1) is 12.3. The fraction of sp³-hybridized carbons (Fsp3) is 0.611. The summed E-state index contributed by atoms with van der Waals surface area (Å²) in [6.45, 7) is 6.39. The van der Waals surface area contributed by atoms with Gasteiger partial charge in [0.2, 0.25) is 0 Å². The summed E-state index contributed by atoms with van der Waals surface area (Å²) in [7, 11) is 1.64. The number of halogens is 3. The Bertz CT molecular complexity index is 587. The van der Waals surface area contributed by atoms with Crippen LogP contribution in [0.1, 0.15) is 33.3 Å². The van der Waals surface area contributed by atoms with Gasteiger partial charge in [0, 0.05) is 25.8 Å². The number of nitrogens with one attached hydrogen (secondary N) is 2. The molecule has 9 heteroatoms. The molecule has 2 N–H and O–H groups in total. The van der Waals surface area contributed by atoms with E-state index in [4.69, 9.17) is 9.47 Å². The first kappa shape index (κ1) is 25.6. The molecule has 27 heavy (non-hydrogen) atoms. The number of hydrogen-bond donors (Lipinski definition) is 2. The second-order valence-corrected chi connectivity index (χ2v) is 6.07. The van der Waals surface area contributed by atoms with Crippen LogP contribution >= 0.6 is 24.0 Å². The lowest BCUT2D eigenvalue weighted by Crippen LogP contribution is -2.45. The minimum Gasteiger partial charge on any atom is -0.490 e. The molecule has 1 rings (SSSR count). The molecule has 0 radical (unpaired) electrons. The zero-order valence-corrected chi connectivity index (χ0v) is 18.8. The standard InChI is InChI=1S/C18H29F2N3O3.HI/c1-6-21-17(23-12-18(3,4)24-5)22-11-13-9-8-10-14(25-7-2)15(13)26-16(19)20;/h8-10,16H,6-7,11-12H2,1-5H3,(H2,21,22,23);1H. The van der Waals surface area contributed by atoms with Gasteiger partial charge >= 0.3 is 6.61 Å². The Balaban J connectivity index is 0.00000676. The highest BCUT2D eigenvalue weighted by Gasteiger charge is 2.18. The van der Waals surface area contributed by atoms with Gasteiger partial charge in [-0.05, 0) is 33.8 Å². The predicted molar refractivity (Wildman–Crippen MR) is 114 cm³/mol. The molecule has 0 aromatic heterocycles. The molecule has 6 nitrogen and oxygen atoms in total. The molecule has 0 saturated heterocycles. The Hall–Kier alpha value is -1.36. The van der Waals surface area contributed by atoms with Crippen LogP contribution in [0.2, 0.25) is 0 Å². The van der Waals surface area contributed by atoms with E-state index < -0.39 is 6.61 Å². The first-order valence-corrected chi connectivity index (χ1v) is 8.59. The third kappa shape index (κ3) is 9.41. The van der Waals surface area contributed by atoms with Crippen molar-refractivity contribution in [3.8, 4) is 11.5 Å². The molecule has 0 unspecified atom stereocenters. The van der Waals surface area contributed by atoms with Crippen molar-refractivity contribution in [1.29, 1.82) is 0 Å². The summed E-state index contributed by atoms with van der Waals surface area (Å²) < 4.78 is 41.0. The van der Waals surface area contributed by atoms with Crippen molar-refractivity contribution in [2.45, 2.75) is 46.5 Å². The molecular weight excluding hydrogens is 471 g/mol. The number of benzene rings is 1. The van der Waals surface area contributed by atoms with Crippen molar-refractivity contribution in [3.63, 3.8) is 0 Å². The van der Waals surface area contributed by atoms with Gasteiger partial charge in [0.05, 0.1) is 18.8 Å². The highest BCUT2D eigenvalue weighted by atomic mass is 127. The van der Waals surface area contributed by atoms with Crippen LogP contribution in [0.15, 0.2) is 23.2 Å². The fourth-order valence-electron chi connectivity index (χ4n) is 2.05. The average Bonchev–Trinajstić information content (AvgIpc) is 2.59. The summed E-state index contributed by atoms with van der Waals surface area (Å²) in [4.78, 5) is 4.45. The largest absolute Gasteiger partial charge is 0.490 e. The summed E-state index contributed by atoms with van der Waals surface area (Å²) in [5.74, 6) is 0.850. The Morgan fingerprint density at radius 2 is 1.93 bits per heavy atom. The van der Waals surface area contributed by atoms with Gasteiger partial charge in [-0.1, -0.05) is 12.1 Å². The van der Waals surface area contributed by atoms with Gasteiger partial charge in [0.25, 0.3) is 0 Å². The van der Waals surface area contributed by atoms with E-state index in [-0.39, 0.29) is 47.6 Å². The number of nitrogens with zero attached hydrogens (tertiary/aromatic N) is 1. The minimum absolute atomic E-state index is 0. The molecule has 1 aromatic carbocycles. The van der Waals surface area contributed by atoms with Gasteiger partial charge in [-0.3, -0.25) is 0 Å². The van der Waals surface area contributed by atoms with E-state index in [0.717, 1.165) is 0 Å². The minimum atomic E-state index is -2.94. The topological polar surface area (TPSA) is 64.1 Å². The third-order valence-corrected chi connectivity index (χ3v) is 3.55. The van der Waals surface area contributed by atoms with Gasteiger partial charge in [-0.2, -0.15) is 8.78 Å². The molecule has 0 aliphatic rings. The van der Waals surface area contributed by atoms with E-state index in [2.05, 4.69) is 20.4 Å². The number of aliphatic imine (C=N–C) groups is 1. The van der Waals surface area contributed by atoms with E-state index in [1.807, 2.05) is 20.8 Å². The number of para-hydroxylation sites is 1. The van der Waals surface area contributed by atoms with Crippen LogP contribution in [-0.2, 0) is 11.3 Å². The molecule has 0 heterocycles. The van der Waals surface area contributed by atoms with Crippen molar-refractivity contribution in [2.24, 2.45) is 4.99 Å². The molecule has 0 saturated carbocycles. The van der Waals surface area contributed by atoms with Crippen molar-refractivity contribution in [1.82, 2.24) is 10.6 Å². The zero-order chi connectivity index (χ0) is 19.6. The van der Waals surface area contributed by atoms with Crippen molar-refractivity contribution in [3.05, 3.63) is 23.8 Å². The Kier molecular flexibility index (Phi) is 12.3. The smallest absolute Gasteiger partial charge is 0.387 e. The van der Waals surface area contributed by atoms with Crippen LogP contribution in [0.4, 0.5) is 8.78 Å². The lowest BCUT2D eigenvalue weighted by molar-refractivity contribution is -0.0520. The SMILES string of the molecule is CCNC(=NCc1cccc(OCC)c1OC(F)F)NCC(C)(C)OC.I. The number of alkyl halides is 2. The Morgan fingerprint density at radius 1 is 1.22 bits per heavy atom. The highest BCUT2D eigenvalue weighted by molar-refractivity contribution is 14.0. The number of rotatable bonds is 10. The van der Waals surface area contributed by atoms with Crippen LogP contribution < -0.4 is 20.1 Å². The van der Waals surface area contributed by atoms with Gasteiger partial charge < -0.3 is 24.8 Å². The van der Waals surface area contributed by atoms with E-state index in [0.29, 0.717) is 31.2 Å². The van der Waals surface area contributed by atoms with Gasteiger partial charge in [0.15, 0.2) is 17.5 Å². The molecule has 0 aliphatic heterocycles. The quantitative estimate of drug-likeness (QED) is 0.290. The van der Waals surface area contributed by atoms with Gasteiger partial charge in [-0.25, -0.2) is 4.99 Å². The molecule has 0 amide bonds. The maximum atomic E-state index is 12.8. The van der Waals surface area contributed by atoms with Crippen LogP contribution in [0, 0.1) is 0 Å². The highest BCUT2D eigenvalue weighted by Crippen LogP contribution is 2.33. The molecule has 0 bridgehead atoms. The molecule has 1 aromatic rings. The molecule has 0 spiro atoms. The van der Waals surface area contributed by atoms with E-state index in [9.17, 15) is 8.78 Å². The number of guanidine groups is 1. The second kappa shape index (κ2) is 12.9. The Morgan fingerprint density at radius 3 is 2.48 bits per heavy atom. The van der Waals surface area contributed by atoms with Gasteiger partial charge in [0.1, 0.15) is 0 Å². The predicted octanol–water partition coefficient (Wildman–Crippen LogP) is 3.78. The molecule has 0 aliphatic carbocycles. The van der Waals surface area contributed by atoms with Gasteiger partial charge in [-0.15, -0.1) is 24.0 Å². The summed E-state index contributed by atoms with van der Waals surface area (Å²) >= 11 is 0. The summed E-state index contributed by atoms with van der Waals surface area (Å²) in [6.07, 6.45) is 0. The molecule has 0 fully saturated rings. The van der Waals surface area contributed by atoms with E-state index in [1.165, 1.54) is 0 Å². The van der Waals surface area contributed by atoms with Crippen LogP contribution in [0.5, 0.6) is 11.5 Å². The maximum absolute atomic E-state index is 12.8. The van der Waals surface area contributed by atoms with Crippen LogP contribution in [-0.4, -0.2) is 45.0 Å².